The molecule has 3 aliphatic rings. The second kappa shape index (κ2) is 13.2. The zero-order valence-electron chi connectivity index (χ0n) is 24.7. The highest BCUT2D eigenvalue weighted by atomic mass is 35.5. The smallest absolute Gasteiger partial charge is 0.337 e. The number of aryl methyl sites for hydroxylation is 1. The Bertz CT molecular complexity index is 1470. The van der Waals surface area contributed by atoms with Crippen molar-refractivity contribution in [1.82, 2.24) is 0 Å². The number of aliphatic hydroxyl groups excluding tert-OH is 1. The highest BCUT2D eigenvalue weighted by molar-refractivity contribution is 7.89. The number of carbonyl (C=O) groups is 1. The van der Waals surface area contributed by atoms with Crippen LogP contribution in [-0.2, 0) is 31.3 Å². The molecule has 43 heavy (non-hydrogen) atoms. The van der Waals surface area contributed by atoms with E-state index in [1.54, 1.807) is 18.2 Å². The molecule has 0 saturated heterocycles. The van der Waals surface area contributed by atoms with Crippen LogP contribution in [0.4, 0.5) is 5.69 Å². The van der Waals surface area contributed by atoms with Gasteiger partial charge >= 0.3 is 5.97 Å². The average molecular weight is 633 g/mol. The van der Waals surface area contributed by atoms with Crippen LogP contribution in [0.1, 0.15) is 53.6 Å². The molecule has 1 heterocycles. The molecule has 5 atom stereocenters. The molecular formula is C32H41ClN2O7S. The molecule has 3 N–H and O–H groups in total. The lowest BCUT2D eigenvalue weighted by molar-refractivity contribution is 0.0456. The van der Waals surface area contributed by atoms with E-state index in [-0.39, 0.29) is 30.3 Å². The van der Waals surface area contributed by atoms with Crippen molar-refractivity contribution in [1.29, 1.82) is 0 Å². The van der Waals surface area contributed by atoms with Crippen LogP contribution in [0, 0.1) is 11.8 Å². The number of hydrogen-bond donors (Lipinski definition) is 2. The maximum Gasteiger partial charge on any atom is 0.337 e. The lowest BCUT2D eigenvalue weighted by Crippen LogP contribution is -2.49. The molecule has 1 saturated carbocycles. The van der Waals surface area contributed by atoms with Gasteiger partial charge in [0.15, 0.2) is 0 Å². The summed E-state index contributed by atoms with van der Waals surface area (Å²) >= 11 is 6.37. The van der Waals surface area contributed by atoms with Gasteiger partial charge in [0.05, 0.1) is 37.7 Å². The Morgan fingerprint density at radius 3 is 2.77 bits per heavy atom. The predicted octanol–water partition coefficient (Wildman–Crippen LogP) is 4.24. The van der Waals surface area contributed by atoms with Gasteiger partial charge in [0.25, 0.3) is 0 Å². The number of methoxy groups -OCH3 is 2. The number of hydrogen-bond acceptors (Lipinski definition) is 8. The first-order chi connectivity index (χ1) is 20.5. The number of esters is 1. The maximum absolute atomic E-state index is 12.5. The standard InChI is InChI=1S/C32H41ClN2O7S/c1-40-18-25(43(34,38)39)6-3-7-29(36)26-11-8-23(26)17-35-19-32(14-4-5-21-15-24(33)10-12-27(21)32)20-42-30-13-9-22(16-28(30)35)31(37)41-2/h3,7,9-10,12-13,15-16,23,25-26,29,36H,4-6,8,11,14,17-20H2,1-2H3,(H2,34,38,39)/b7-3+/t23-,25+,26+,29-,32-/m0/s1. The van der Waals surface area contributed by atoms with Gasteiger partial charge in [-0.25, -0.2) is 18.4 Å². The second-order valence-corrected chi connectivity index (χ2v) is 14.4. The average Bonchev–Trinajstić information content (AvgIpc) is 3.10. The fraction of sp³-hybridized carbons (Fsp3) is 0.531. The number of allylic oxidation sites excluding steroid dienone is 1. The number of ether oxygens (including phenoxy) is 3. The van der Waals surface area contributed by atoms with Gasteiger partial charge in [0, 0.05) is 30.6 Å². The minimum atomic E-state index is -3.76. The third kappa shape index (κ3) is 6.88. The van der Waals surface area contributed by atoms with Crippen molar-refractivity contribution >= 4 is 33.3 Å². The molecule has 9 nitrogen and oxygen atoms in total. The van der Waals surface area contributed by atoms with Crippen molar-refractivity contribution in [2.45, 2.75) is 55.3 Å². The SMILES string of the molecule is COC[C@@H](C/C=C/[C@H](O)[C@@H]1CC[C@H]1CN1C[C@@]2(CCCc3cc(Cl)ccc32)COc2ccc(C(=O)OC)cc21)S(N)(=O)=O. The minimum absolute atomic E-state index is 0.00753. The summed E-state index contributed by atoms with van der Waals surface area (Å²) in [6.45, 7) is 1.87. The molecule has 0 radical (unpaired) electrons. The summed E-state index contributed by atoms with van der Waals surface area (Å²) in [7, 11) is -0.962. The number of nitrogens with two attached hydrogens (primary N) is 1. The van der Waals surface area contributed by atoms with E-state index in [0.717, 1.165) is 42.8 Å². The molecule has 2 aliphatic carbocycles. The van der Waals surface area contributed by atoms with Crippen molar-refractivity contribution in [3.63, 3.8) is 0 Å². The molecule has 0 amide bonds. The highest BCUT2D eigenvalue weighted by Crippen LogP contribution is 2.46. The maximum atomic E-state index is 12.5. The van der Waals surface area contributed by atoms with Crippen molar-refractivity contribution < 1.29 is 32.5 Å². The first kappa shape index (κ1) is 31.8. The molecule has 2 aromatic rings. The van der Waals surface area contributed by atoms with E-state index in [4.69, 9.17) is 31.0 Å². The summed E-state index contributed by atoms with van der Waals surface area (Å²) in [5.74, 6) is 0.504. The predicted molar refractivity (Wildman–Crippen MR) is 166 cm³/mol. The fourth-order valence-electron chi connectivity index (χ4n) is 6.91. The van der Waals surface area contributed by atoms with Gasteiger partial charge in [-0.3, -0.25) is 0 Å². The molecule has 1 fully saturated rings. The zero-order chi connectivity index (χ0) is 30.8. The monoisotopic (exact) mass is 632 g/mol. The number of primary sulfonamides is 1. The van der Waals surface area contributed by atoms with E-state index in [1.165, 1.54) is 25.3 Å². The molecule has 1 spiro atoms. The van der Waals surface area contributed by atoms with Crippen molar-refractivity contribution in [3.05, 3.63) is 70.3 Å². The third-order valence-corrected chi connectivity index (χ3v) is 10.9. The quantitative estimate of drug-likeness (QED) is 0.294. The fourth-order valence-corrected chi connectivity index (χ4v) is 7.81. The molecule has 234 valence electrons. The number of anilines is 1. The van der Waals surface area contributed by atoms with Crippen molar-refractivity contribution in [2.24, 2.45) is 17.0 Å². The van der Waals surface area contributed by atoms with Crippen LogP contribution in [0.5, 0.6) is 5.75 Å². The lowest BCUT2D eigenvalue weighted by Gasteiger charge is -2.45. The first-order valence-corrected chi connectivity index (χ1v) is 16.8. The third-order valence-electron chi connectivity index (χ3n) is 9.38. The number of fused-ring (bicyclic) bond motifs is 3. The van der Waals surface area contributed by atoms with Gasteiger partial charge in [-0.2, -0.15) is 0 Å². The van der Waals surface area contributed by atoms with Crippen LogP contribution >= 0.6 is 11.6 Å². The van der Waals surface area contributed by atoms with E-state index < -0.39 is 27.3 Å². The number of aliphatic hydroxyl groups is 1. The van der Waals surface area contributed by atoms with E-state index in [1.807, 2.05) is 18.2 Å². The van der Waals surface area contributed by atoms with Gasteiger partial charge < -0.3 is 24.2 Å². The Morgan fingerprint density at radius 1 is 1.26 bits per heavy atom. The van der Waals surface area contributed by atoms with E-state index >= 15 is 0 Å². The number of carbonyl (C=O) groups excluding carboxylic acids is 1. The summed E-state index contributed by atoms with van der Waals surface area (Å²) in [5.41, 5.74) is 3.53. The summed E-state index contributed by atoms with van der Waals surface area (Å²) in [5, 5.41) is 16.3. The second-order valence-electron chi connectivity index (χ2n) is 12.1. The van der Waals surface area contributed by atoms with Crippen LogP contribution in [0.2, 0.25) is 5.02 Å². The zero-order valence-corrected chi connectivity index (χ0v) is 26.3. The normalized spacial score (nSPS) is 24.8. The van der Waals surface area contributed by atoms with Gasteiger partial charge in [-0.15, -0.1) is 0 Å². The van der Waals surface area contributed by atoms with Gasteiger partial charge in [-0.05, 0) is 91.8 Å². The molecule has 0 unspecified atom stereocenters. The topological polar surface area (TPSA) is 128 Å². The molecule has 0 aromatic heterocycles. The Hall–Kier alpha value is -2.63. The van der Waals surface area contributed by atoms with Gasteiger partial charge in [-0.1, -0.05) is 29.8 Å². The molecular weight excluding hydrogens is 592 g/mol. The summed E-state index contributed by atoms with van der Waals surface area (Å²) in [6.07, 6.45) is 7.57. The summed E-state index contributed by atoms with van der Waals surface area (Å²) in [6, 6.07) is 11.6. The van der Waals surface area contributed by atoms with Crippen LogP contribution in [0.3, 0.4) is 0 Å². The van der Waals surface area contributed by atoms with Crippen molar-refractivity contribution in [3.8, 4) is 5.75 Å². The van der Waals surface area contributed by atoms with Crippen LogP contribution in [-0.4, -0.2) is 71.4 Å². The Labute approximate surface area is 259 Å². The summed E-state index contributed by atoms with van der Waals surface area (Å²) < 4.78 is 40.2. The minimum Gasteiger partial charge on any atom is -0.490 e. The van der Waals surface area contributed by atoms with Crippen LogP contribution in [0.25, 0.3) is 0 Å². The number of rotatable bonds is 10. The van der Waals surface area contributed by atoms with Crippen molar-refractivity contribution in [2.75, 3.05) is 45.4 Å². The van der Waals surface area contributed by atoms with E-state index in [0.29, 0.717) is 31.0 Å². The molecule has 2 aromatic carbocycles. The lowest BCUT2D eigenvalue weighted by atomic mass is 9.68. The number of benzene rings is 2. The number of sulfonamides is 1. The molecule has 11 heteroatoms. The Kier molecular flexibility index (Phi) is 9.73. The number of nitrogens with zero attached hydrogens (tertiary/aromatic N) is 1. The highest BCUT2D eigenvalue weighted by Gasteiger charge is 2.44. The largest absolute Gasteiger partial charge is 0.490 e. The molecule has 1 aliphatic heterocycles. The Balaban J connectivity index is 1.40. The first-order valence-electron chi connectivity index (χ1n) is 14.8. The van der Waals surface area contributed by atoms with E-state index in [2.05, 4.69) is 17.0 Å². The van der Waals surface area contributed by atoms with Crippen LogP contribution in [0.15, 0.2) is 48.6 Å². The molecule has 5 rings (SSSR count). The molecule has 0 bridgehead atoms. The summed E-state index contributed by atoms with van der Waals surface area (Å²) in [4.78, 5) is 14.8. The van der Waals surface area contributed by atoms with E-state index in [9.17, 15) is 18.3 Å². The Morgan fingerprint density at radius 2 is 2.07 bits per heavy atom. The van der Waals surface area contributed by atoms with Crippen LogP contribution < -0.4 is 14.8 Å². The van der Waals surface area contributed by atoms with Gasteiger partial charge in [0.1, 0.15) is 11.0 Å². The van der Waals surface area contributed by atoms with Gasteiger partial charge in [0.2, 0.25) is 10.0 Å². The number of halogens is 1.